The van der Waals surface area contributed by atoms with Gasteiger partial charge in [-0.3, -0.25) is 0 Å². The van der Waals surface area contributed by atoms with E-state index in [1.165, 1.54) is 41.5 Å². The number of nitrogens with two attached hydrogens (primary N) is 1. The lowest BCUT2D eigenvalue weighted by molar-refractivity contribution is 0.561. The van der Waals surface area contributed by atoms with Gasteiger partial charge in [0.05, 0.1) is 0 Å². The molecule has 2 N–H and O–H groups in total. The first-order valence-corrected chi connectivity index (χ1v) is 6.77. The summed E-state index contributed by atoms with van der Waals surface area (Å²) in [5.74, 6) is 0.553. The molecule has 0 saturated heterocycles. The fourth-order valence-corrected chi connectivity index (χ4v) is 2.95. The van der Waals surface area contributed by atoms with Crippen LogP contribution in [0.1, 0.15) is 29.9 Å². The Morgan fingerprint density at radius 1 is 1.00 bits per heavy atom. The Labute approximate surface area is 121 Å². The Morgan fingerprint density at radius 3 is 2.53 bits per heavy atom. The Morgan fingerprint density at radius 2 is 1.79 bits per heavy atom. The van der Waals surface area contributed by atoms with Crippen molar-refractivity contribution in [1.82, 2.24) is 0 Å². The molecule has 19 heavy (non-hydrogen) atoms. The van der Waals surface area contributed by atoms with E-state index in [1.807, 2.05) is 0 Å². The average Bonchev–Trinajstić information content (AvgIpc) is 2.47. The molecule has 1 nitrogen and oxygen atoms in total. The molecule has 0 bridgehead atoms. The smallest absolute Gasteiger partial charge is 0.000813 e. The standard InChI is InChI=1S/C17H19N.ClH/c18-12-16-8-4-7-14-9-10-15(11-17(14)16)13-5-2-1-3-6-13;/h1-3,5-6,9-11,16H,4,7-8,12,18H2;1H. The Balaban J connectivity index is 0.00000133. The molecule has 0 spiro atoms. The lowest BCUT2D eigenvalue weighted by Crippen LogP contribution is -2.18. The summed E-state index contributed by atoms with van der Waals surface area (Å²) in [7, 11) is 0. The van der Waals surface area contributed by atoms with Crippen molar-refractivity contribution in [2.75, 3.05) is 6.54 Å². The third-order valence-electron chi connectivity index (χ3n) is 3.98. The van der Waals surface area contributed by atoms with E-state index >= 15 is 0 Å². The van der Waals surface area contributed by atoms with Crippen LogP contribution in [0.15, 0.2) is 48.5 Å². The van der Waals surface area contributed by atoms with Gasteiger partial charge in [-0.2, -0.15) is 0 Å². The van der Waals surface area contributed by atoms with Crippen LogP contribution in [-0.2, 0) is 6.42 Å². The third-order valence-corrected chi connectivity index (χ3v) is 3.98. The summed E-state index contributed by atoms with van der Waals surface area (Å²) in [6, 6.07) is 17.5. The van der Waals surface area contributed by atoms with Gasteiger partial charge in [0, 0.05) is 0 Å². The molecule has 1 aliphatic carbocycles. The highest BCUT2D eigenvalue weighted by Crippen LogP contribution is 2.33. The van der Waals surface area contributed by atoms with Crippen LogP contribution in [0.2, 0.25) is 0 Å². The van der Waals surface area contributed by atoms with Crippen LogP contribution in [0.3, 0.4) is 0 Å². The van der Waals surface area contributed by atoms with Gasteiger partial charge in [-0.05, 0) is 54.0 Å². The maximum Gasteiger partial charge on any atom is -0.000813 e. The summed E-state index contributed by atoms with van der Waals surface area (Å²) in [5.41, 5.74) is 11.5. The van der Waals surface area contributed by atoms with Crippen LogP contribution < -0.4 is 5.73 Å². The molecule has 1 unspecified atom stereocenters. The molecular weight excluding hydrogens is 254 g/mol. The van der Waals surface area contributed by atoms with E-state index in [0.29, 0.717) is 5.92 Å². The van der Waals surface area contributed by atoms with Gasteiger partial charge in [-0.1, -0.05) is 48.5 Å². The molecule has 2 aromatic rings. The first-order valence-electron chi connectivity index (χ1n) is 6.77. The van der Waals surface area contributed by atoms with E-state index in [-0.39, 0.29) is 12.4 Å². The quantitative estimate of drug-likeness (QED) is 0.874. The number of halogens is 1. The van der Waals surface area contributed by atoms with E-state index < -0.39 is 0 Å². The molecule has 0 saturated carbocycles. The second-order valence-electron chi connectivity index (χ2n) is 5.10. The molecule has 2 aromatic carbocycles. The highest BCUT2D eigenvalue weighted by Gasteiger charge is 2.19. The molecule has 0 aliphatic heterocycles. The van der Waals surface area contributed by atoms with Crippen molar-refractivity contribution in [1.29, 1.82) is 0 Å². The van der Waals surface area contributed by atoms with E-state index in [1.54, 1.807) is 0 Å². The van der Waals surface area contributed by atoms with E-state index in [2.05, 4.69) is 48.5 Å². The van der Waals surface area contributed by atoms with Crippen molar-refractivity contribution in [2.45, 2.75) is 25.2 Å². The van der Waals surface area contributed by atoms with Gasteiger partial charge >= 0.3 is 0 Å². The van der Waals surface area contributed by atoms with E-state index in [9.17, 15) is 0 Å². The Kier molecular flexibility index (Phi) is 4.62. The predicted octanol–water partition coefficient (Wildman–Crippen LogP) is 4.15. The highest BCUT2D eigenvalue weighted by atomic mass is 35.5. The number of aryl methyl sites for hydroxylation is 1. The number of rotatable bonds is 2. The van der Waals surface area contributed by atoms with Gasteiger partial charge in [0.2, 0.25) is 0 Å². The summed E-state index contributed by atoms with van der Waals surface area (Å²) < 4.78 is 0. The summed E-state index contributed by atoms with van der Waals surface area (Å²) in [6.45, 7) is 0.769. The predicted molar refractivity (Wildman–Crippen MR) is 83.9 cm³/mol. The zero-order valence-electron chi connectivity index (χ0n) is 11.0. The average molecular weight is 274 g/mol. The molecule has 1 atom stereocenters. The molecule has 0 heterocycles. The zero-order chi connectivity index (χ0) is 12.4. The minimum Gasteiger partial charge on any atom is -0.330 e. The Hall–Kier alpha value is -1.31. The molecule has 0 fully saturated rings. The normalized spacial score (nSPS) is 17.4. The van der Waals surface area contributed by atoms with Gasteiger partial charge in [0.25, 0.3) is 0 Å². The minimum absolute atomic E-state index is 0. The maximum absolute atomic E-state index is 5.91. The first kappa shape index (κ1) is 14.1. The van der Waals surface area contributed by atoms with Crippen molar-refractivity contribution in [3.63, 3.8) is 0 Å². The molecule has 100 valence electrons. The van der Waals surface area contributed by atoms with Crippen molar-refractivity contribution >= 4 is 12.4 Å². The van der Waals surface area contributed by atoms with Crippen molar-refractivity contribution < 1.29 is 0 Å². The van der Waals surface area contributed by atoms with Crippen LogP contribution in [0, 0.1) is 0 Å². The lowest BCUT2D eigenvalue weighted by Gasteiger charge is -2.25. The fourth-order valence-electron chi connectivity index (χ4n) is 2.95. The van der Waals surface area contributed by atoms with Gasteiger partial charge in [0.15, 0.2) is 0 Å². The molecule has 0 radical (unpaired) electrons. The highest BCUT2D eigenvalue weighted by molar-refractivity contribution is 5.85. The van der Waals surface area contributed by atoms with Crippen molar-refractivity contribution in [2.24, 2.45) is 5.73 Å². The first-order chi connectivity index (χ1) is 8.88. The second-order valence-corrected chi connectivity index (χ2v) is 5.10. The molecule has 3 rings (SSSR count). The van der Waals surface area contributed by atoms with E-state index in [4.69, 9.17) is 5.73 Å². The third kappa shape index (κ3) is 2.83. The van der Waals surface area contributed by atoms with Crippen molar-refractivity contribution in [3.05, 3.63) is 59.7 Å². The summed E-state index contributed by atoms with van der Waals surface area (Å²) in [5, 5.41) is 0. The summed E-state index contributed by atoms with van der Waals surface area (Å²) in [4.78, 5) is 0. The molecular formula is C17H20ClN. The van der Waals surface area contributed by atoms with Gasteiger partial charge in [-0.15, -0.1) is 12.4 Å². The van der Waals surface area contributed by atoms with Gasteiger partial charge < -0.3 is 5.73 Å². The molecule has 0 aromatic heterocycles. The second kappa shape index (κ2) is 6.23. The number of benzene rings is 2. The minimum atomic E-state index is 0. The van der Waals surface area contributed by atoms with Crippen molar-refractivity contribution in [3.8, 4) is 11.1 Å². The van der Waals surface area contributed by atoms with Crippen LogP contribution in [-0.4, -0.2) is 6.54 Å². The number of fused-ring (bicyclic) bond motifs is 1. The van der Waals surface area contributed by atoms with Crippen LogP contribution >= 0.6 is 12.4 Å². The van der Waals surface area contributed by atoms with Crippen LogP contribution in [0.25, 0.3) is 11.1 Å². The number of hydrogen-bond acceptors (Lipinski definition) is 1. The fraction of sp³-hybridized carbons (Fsp3) is 0.294. The summed E-state index contributed by atoms with van der Waals surface area (Å²) in [6.07, 6.45) is 3.72. The van der Waals surface area contributed by atoms with Crippen LogP contribution in [0.5, 0.6) is 0 Å². The molecule has 0 amide bonds. The number of hydrogen-bond donors (Lipinski definition) is 1. The lowest BCUT2D eigenvalue weighted by atomic mass is 9.81. The van der Waals surface area contributed by atoms with E-state index in [0.717, 1.165) is 6.54 Å². The monoisotopic (exact) mass is 273 g/mol. The SMILES string of the molecule is Cl.NCC1CCCc2ccc(-c3ccccc3)cc21. The van der Waals surface area contributed by atoms with Gasteiger partial charge in [-0.25, -0.2) is 0 Å². The maximum atomic E-state index is 5.91. The Bertz CT molecular complexity index is 536. The van der Waals surface area contributed by atoms with Crippen LogP contribution in [0.4, 0.5) is 0 Å². The molecule has 1 aliphatic rings. The zero-order valence-corrected chi connectivity index (χ0v) is 11.8. The van der Waals surface area contributed by atoms with Gasteiger partial charge in [0.1, 0.15) is 0 Å². The summed E-state index contributed by atoms with van der Waals surface area (Å²) >= 11 is 0. The molecule has 2 heteroatoms. The largest absolute Gasteiger partial charge is 0.330 e. The topological polar surface area (TPSA) is 26.0 Å².